The molecule has 1 rings (SSSR count). The molecule has 0 aliphatic rings. The van der Waals surface area contributed by atoms with Gasteiger partial charge in [0.2, 0.25) is 5.76 Å². The Morgan fingerprint density at radius 1 is 1.56 bits per heavy atom. The first-order chi connectivity index (χ1) is 7.50. The van der Waals surface area contributed by atoms with E-state index in [0.717, 1.165) is 18.5 Å². The fourth-order valence-corrected chi connectivity index (χ4v) is 1.50. The lowest BCUT2D eigenvalue weighted by Crippen LogP contribution is -2.21. The second-order valence-electron chi connectivity index (χ2n) is 4.50. The Morgan fingerprint density at radius 3 is 2.81 bits per heavy atom. The first-order valence-corrected chi connectivity index (χ1v) is 5.49. The summed E-state index contributed by atoms with van der Waals surface area (Å²) in [7, 11) is 1.99. The van der Waals surface area contributed by atoms with Crippen molar-refractivity contribution >= 4 is 5.97 Å². The molecule has 0 saturated heterocycles. The Balaban J connectivity index is 2.52. The Kier molecular flexibility index (Phi) is 4.55. The molecule has 0 aliphatic carbocycles. The lowest BCUT2D eigenvalue weighted by atomic mass is 10.1. The minimum Gasteiger partial charge on any atom is -0.475 e. The highest BCUT2D eigenvalue weighted by molar-refractivity contribution is 5.86. The first kappa shape index (κ1) is 12.8. The van der Waals surface area contributed by atoms with Gasteiger partial charge in [-0.05, 0) is 32.0 Å². The number of aromatic carboxylic acids is 1. The van der Waals surface area contributed by atoms with E-state index in [4.69, 9.17) is 9.52 Å². The van der Waals surface area contributed by atoms with E-state index in [2.05, 4.69) is 18.7 Å². The van der Waals surface area contributed by atoms with E-state index in [1.807, 2.05) is 7.05 Å². The molecule has 0 unspecified atom stereocenters. The number of carbonyl (C=O) groups is 1. The van der Waals surface area contributed by atoms with Gasteiger partial charge in [-0.25, -0.2) is 4.79 Å². The second-order valence-corrected chi connectivity index (χ2v) is 4.50. The third-order valence-corrected chi connectivity index (χ3v) is 2.47. The Hall–Kier alpha value is -1.29. The van der Waals surface area contributed by atoms with E-state index in [1.165, 1.54) is 6.26 Å². The van der Waals surface area contributed by atoms with Crippen LogP contribution in [0.15, 0.2) is 16.7 Å². The van der Waals surface area contributed by atoms with Crippen molar-refractivity contribution in [2.45, 2.75) is 26.8 Å². The van der Waals surface area contributed by atoms with Crippen LogP contribution >= 0.6 is 0 Å². The van der Waals surface area contributed by atoms with Gasteiger partial charge in [-0.3, -0.25) is 0 Å². The number of carboxylic acid groups (broad SMARTS) is 1. The average Bonchev–Trinajstić information content (AvgIpc) is 2.62. The van der Waals surface area contributed by atoms with Crippen LogP contribution in [0, 0.1) is 5.92 Å². The van der Waals surface area contributed by atoms with E-state index >= 15 is 0 Å². The van der Waals surface area contributed by atoms with E-state index in [9.17, 15) is 4.79 Å². The van der Waals surface area contributed by atoms with Gasteiger partial charge in [0.15, 0.2) is 0 Å². The van der Waals surface area contributed by atoms with Crippen LogP contribution in [-0.4, -0.2) is 29.6 Å². The van der Waals surface area contributed by atoms with Crippen molar-refractivity contribution in [3.8, 4) is 0 Å². The van der Waals surface area contributed by atoms with Gasteiger partial charge in [-0.1, -0.05) is 13.8 Å². The number of nitrogens with zero attached hydrogens (tertiary/aromatic N) is 1. The maximum absolute atomic E-state index is 10.8. The van der Waals surface area contributed by atoms with Gasteiger partial charge in [-0.15, -0.1) is 0 Å². The molecule has 1 aromatic rings. The Morgan fingerprint density at radius 2 is 2.25 bits per heavy atom. The van der Waals surface area contributed by atoms with Gasteiger partial charge in [-0.2, -0.15) is 0 Å². The fourth-order valence-electron chi connectivity index (χ4n) is 1.50. The molecule has 0 aromatic carbocycles. The van der Waals surface area contributed by atoms with Crippen molar-refractivity contribution in [2.24, 2.45) is 5.92 Å². The van der Waals surface area contributed by atoms with E-state index in [-0.39, 0.29) is 5.76 Å². The molecule has 0 spiro atoms. The molecule has 16 heavy (non-hydrogen) atoms. The van der Waals surface area contributed by atoms with Crippen molar-refractivity contribution < 1.29 is 14.3 Å². The van der Waals surface area contributed by atoms with Crippen molar-refractivity contribution in [3.05, 3.63) is 23.7 Å². The highest BCUT2D eigenvalue weighted by Gasteiger charge is 2.15. The van der Waals surface area contributed by atoms with Gasteiger partial charge < -0.3 is 14.4 Å². The number of hydrogen-bond donors (Lipinski definition) is 1. The predicted octanol–water partition coefficient (Wildman–Crippen LogP) is 2.46. The highest BCUT2D eigenvalue weighted by atomic mass is 16.4. The van der Waals surface area contributed by atoms with Crippen molar-refractivity contribution in [1.82, 2.24) is 4.90 Å². The summed E-state index contributed by atoms with van der Waals surface area (Å²) in [4.78, 5) is 12.9. The number of rotatable bonds is 6. The first-order valence-electron chi connectivity index (χ1n) is 5.49. The molecule has 4 nitrogen and oxygen atoms in total. The van der Waals surface area contributed by atoms with E-state index in [1.54, 1.807) is 6.07 Å². The summed E-state index contributed by atoms with van der Waals surface area (Å²) in [6, 6.07) is 1.72. The summed E-state index contributed by atoms with van der Waals surface area (Å²) >= 11 is 0. The molecule has 0 atom stereocenters. The summed E-state index contributed by atoms with van der Waals surface area (Å²) in [5.74, 6) is -0.292. The SMILES string of the molecule is CC(C)CCN(C)Cc1ccoc1C(=O)O. The van der Waals surface area contributed by atoms with Crippen molar-refractivity contribution in [3.63, 3.8) is 0 Å². The van der Waals surface area contributed by atoms with E-state index in [0.29, 0.717) is 12.5 Å². The van der Waals surface area contributed by atoms with Crippen LogP contribution in [0.3, 0.4) is 0 Å². The molecule has 0 bridgehead atoms. The van der Waals surface area contributed by atoms with Gasteiger partial charge in [0.25, 0.3) is 0 Å². The molecule has 1 N–H and O–H groups in total. The minimum atomic E-state index is -1.00. The molecule has 4 heteroatoms. The molecular formula is C12H19NO3. The lowest BCUT2D eigenvalue weighted by Gasteiger charge is -2.17. The smallest absolute Gasteiger partial charge is 0.372 e. The Labute approximate surface area is 95.9 Å². The predicted molar refractivity (Wildman–Crippen MR) is 61.5 cm³/mol. The average molecular weight is 225 g/mol. The zero-order valence-corrected chi connectivity index (χ0v) is 10.1. The molecule has 0 fully saturated rings. The zero-order valence-electron chi connectivity index (χ0n) is 10.1. The molecule has 1 heterocycles. The van der Waals surface area contributed by atoms with Crippen LogP contribution in [-0.2, 0) is 6.54 Å². The molecule has 1 aromatic heterocycles. The summed E-state index contributed by atoms with van der Waals surface area (Å²) < 4.78 is 4.93. The quantitative estimate of drug-likeness (QED) is 0.808. The van der Waals surface area contributed by atoms with Crippen LogP contribution in [0.25, 0.3) is 0 Å². The van der Waals surface area contributed by atoms with Gasteiger partial charge in [0, 0.05) is 12.1 Å². The van der Waals surface area contributed by atoms with Crippen LogP contribution in [0.4, 0.5) is 0 Å². The number of hydrogen-bond acceptors (Lipinski definition) is 3. The summed E-state index contributed by atoms with van der Waals surface area (Å²) in [5, 5.41) is 8.87. The fraction of sp³-hybridized carbons (Fsp3) is 0.583. The standard InChI is InChI=1S/C12H19NO3/c1-9(2)4-6-13(3)8-10-5-7-16-11(10)12(14)15/h5,7,9H,4,6,8H2,1-3H3,(H,14,15). The van der Waals surface area contributed by atoms with Crippen LogP contribution in [0.2, 0.25) is 0 Å². The molecule has 0 aliphatic heterocycles. The topological polar surface area (TPSA) is 53.7 Å². The minimum absolute atomic E-state index is 0.0522. The normalized spacial score (nSPS) is 11.3. The molecule has 0 saturated carbocycles. The molecule has 90 valence electrons. The maximum atomic E-state index is 10.8. The van der Waals surface area contributed by atoms with Crippen LogP contribution in [0.1, 0.15) is 36.4 Å². The van der Waals surface area contributed by atoms with Crippen LogP contribution < -0.4 is 0 Å². The largest absolute Gasteiger partial charge is 0.475 e. The zero-order chi connectivity index (χ0) is 12.1. The molecular weight excluding hydrogens is 206 g/mol. The van der Waals surface area contributed by atoms with Crippen molar-refractivity contribution in [2.75, 3.05) is 13.6 Å². The summed E-state index contributed by atoms with van der Waals surface area (Å²) in [5.41, 5.74) is 0.735. The Bertz CT molecular complexity index is 344. The summed E-state index contributed by atoms with van der Waals surface area (Å²) in [6.07, 6.45) is 2.53. The third kappa shape index (κ3) is 3.70. The van der Waals surface area contributed by atoms with E-state index < -0.39 is 5.97 Å². The third-order valence-electron chi connectivity index (χ3n) is 2.47. The lowest BCUT2D eigenvalue weighted by molar-refractivity contribution is 0.0659. The monoisotopic (exact) mass is 225 g/mol. The molecule has 0 radical (unpaired) electrons. The highest BCUT2D eigenvalue weighted by Crippen LogP contribution is 2.13. The van der Waals surface area contributed by atoms with Crippen LogP contribution in [0.5, 0.6) is 0 Å². The number of furan rings is 1. The van der Waals surface area contributed by atoms with Gasteiger partial charge >= 0.3 is 5.97 Å². The van der Waals surface area contributed by atoms with Gasteiger partial charge in [0.05, 0.1) is 6.26 Å². The maximum Gasteiger partial charge on any atom is 0.372 e. The van der Waals surface area contributed by atoms with Gasteiger partial charge in [0.1, 0.15) is 0 Å². The molecule has 0 amide bonds. The second kappa shape index (κ2) is 5.70. The number of carboxylic acids is 1. The summed E-state index contributed by atoms with van der Waals surface area (Å²) in [6.45, 7) is 5.93. The van der Waals surface area contributed by atoms with Crippen molar-refractivity contribution in [1.29, 1.82) is 0 Å².